The maximum atomic E-state index is 9.21. The van der Waals surface area contributed by atoms with E-state index < -0.39 is 0 Å². The zero-order chi connectivity index (χ0) is 17.8. The number of hydrogen-bond acceptors (Lipinski definition) is 5. The van der Waals surface area contributed by atoms with Crippen LogP contribution in [0.3, 0.4) is 0 Å². The van der Waals surface area contributed by atoms with Crippen LogP contribution in [0.4, 0.5) is 23.1 Å². The number of rotatable bonds is 4. The average Bonchev–Trinajstić information content (AvgIpc) is 2.53. The highest BCUT2D eigenvalue weighted by molar-refractivity contribution is 5.65. The first kappa shape index (κ1) is 16.5. The largest absolute Gasteiger partial charge is 0.340 e. The number of nitrogens with zero attached hydrogens (tertiary/aromatic N) is 3. The Morgan fingerprint density at radius 2 is 1.60 bits per heavy atom. The van der Waals surface area contributed by atoms with E-state index in [2.05, 4.69) is 58.7 Å². The van der Waals surface area contributed by atoms with E-state index >= 15 is 0 Å². The van der Waals surface area contributed by atoms with Gasteiger partial charge in [0.15, 0.2) is 0 Å². The first-order valence-corrected chi connectivity index (χ1v) is 8.00. The quantitative estimate of drug-likeness (QED) is 0.722. The lowest BCUT2D eigenvalue weighted by Gasteiger charge is -2.11. The summed E-state index contributed by atoms with van der Waals surface area (Å²) >= 11 is 0. The molecular weight excluding hydrogens is 310 g/mol. The number of aromatic nitrogens is 2. The number of para-hydroxylation sites is 1. The van der Waals surface area contributed by atoms with Crippen molar-refractivity contribution in [1.82, 2.24) is 9.97 Å². The van der Waals surface area contributed by atoms with Crippen LogP contribution in [0.1, 0.15) is 22.4 Å². The molecule has 0 amide bonds. The van der Waals surface area contributed by atoms with Gasteiger partial charge >= 0.3 is 0 Å². The Labute approximate surface area is 147 Å². The lowest BCUT2D eigenvalue weighted by atomic mass is 10.1. The van der Waals surface area contributed by atoms with Crippen molar-refractivity contribution < 1.29 is 0 Å². The topological polar surface area (TPSA) is 73.6 Å². The normalized spacial score (nSPS) is 10.2. The molecule has 0 bridgehead atoms. The van der Waals surface area contributed by atoms with Crippen LogP contribution in [-0.2, 0) is 0 Å². The number of hydrogen-bond donors (Lipinski definition) is 2. The summed E-state index contributed by atoms with van der Waals surface area (Å²) in [6, 6.07) is 17.6. The molecule has 1 aromatic heterocycles. The zero-order valence-corrected chi connectivity index (χ0v) is 14.5. The Hall–Kier alpha value is -3.39. The SMILES string of the molecule is Cc1cc(C)cc(Nc2cc(C)nc(Nc3ccccc3C#N)n2)c1. The van der Waals surface area contributed by atoms with E-state index in [4.69, 9.17) is 0 Å². The van der Waals surface area contributed by atoms with Gasteiger partial charge in [0.25, 0.3) is 0 Å². The van der Waals surface area contributed by atoms with E-state index in [1.165, 1.54) is 11.1 Å². The summed E-state index contributed by atoms with van der Waals surface area (Å²) in [5.74, 6) is 1.16. The second kappa shape index (κ2) is 7.02. The molecule has 0 aliphatic carbocycles. The van der Waals surface area contributed by atoms with Gasteiger partial charge in [0.1, 0.15) is 11.9 Å². The smallest absolute Gasteiger partial charge is 0.229 e. The van der Waals surface area contributed by atoms with Crippen LogP contribution in [0.5, 0.6) is 0 Å². The van der Waals surface area contributed by atoms with E-state index in [1.807, 2.05) is 31.2 Å². The van der Waals surface area contributed by atoms with E-state index in [9.17, 15) is 5.26 Å². The second-order valence-corrected chi connectivity index (χ2v) is 6.00. The Kier molecular flexibility index (Phi) is 4.62. The number of anilines is 4. The highest BCUT2D eigenvalue weighted by Crippen LogP contribution is 2.22. The zero-order valence-electron chi connectivity index (χ0n) is 14.5. The fourth-order valence-corrected chi connectivity index (χ4v) is 2.69. The molecule has 0 spiro atoms. The van der Waals surface area contributed by atoms with Gasteiger partial charge in [-0.2, -0.15) is 10.2 Å². The molecule has 5 heteroatoms. The third-order valence-corrected chi connectivity index (χ3v) is 3.64. The molecule has 0 unspecified atom stereocenters. The molecule has 0 fully saturated rings. The number of aryl methyl sites for hydroxylation is 3. The van der Waals surface area contributed by atoms with Crippen molar-refractivity contribution in [1.29, 1.82) is 5.26 Å². The van der Waals surface area contributed by atoms with Gasteiger partial charge in [-0.05, 0) is 56.2 Å². The molecule has 3 aromatic rings. The van der Waals surface area contributed by atoms with Gasteiger partial charge in [-0.25, -0.2) is 4.98 Å². The second-order valence-electron chi connectivity index (χ2n) is 6.00. The van der Waals surface area contributed by atoms with Crippen molar-refractivity contribution in [3.63, 3.8) is 0 Å². The molecular formula is C20H19N5. The van der Waals surface area contributed by atoms with Crippen LogP contribution >= 0.6 is 0 Å². The standard InChI is InChI=1S/C20H19N5/c1-13-8-14(2)10-17(9-13)23-19-11-15(3)22-20(25-19)24-18-7-5-4-6-16(18)12-21/h4-11H,1-3H3,(H2,22,23,24,25). The Bertz CT molecular complexity index is 936. The first-order valence-electron chi connectivity index (χ1n) is 8.00. The molecule has 0 saturated heterocycles. The van der Waals surface area contributed by atoms with Crippen molar-refractivity contribution >= 4 is 23.1 Å². The van der Waals surface area contributed by atoms with E-state index in [0.29, 0.717) is 23.0 Å². The van der Waals surface area contributed by atoms with Gasteiger partial charge in [-0.1, -0.05) is 18.2 Å². The summed E-state index contributed by atoms with van der Waals surface area (Å²) in [5.41, 5.74) is 5.44. The minimum atomic E-state index is 0.453. The minimum absolute atomic E-state index is 0.453. The van der Waals surface area contributed by atoms with Crippen LogP contribution in [0.2, 0.25) is 0 Å². The van der Waals surface area contributed by atoms with Gasteiger partial charge in [0, 0.05) is 17.4 Å². The summed E-state index contributed by atoms with van der Waals surface area (Å²) in [5, 5.41) is 15.7. The van der Waals surface area contributed by atoms with Crippen LogP contribution in [-0.4, -0.2) is 9.97 Å². The van der Waals surface area contributed by atoms with Gasteiger partial charge < -0.3 is 10.6 Å². The predicted octanol–water partition coefficient (Wildman–Crippen LogP) is 4.76. The fraction of sp³-hybridized carbons (Fsp3) is 0.150. The van der Waals surface area contributed by atoms with Gasteiger partial charge in [0.05, 0.1) is 11.3 Å². The molecule has 0 aliphatic heterocycles. The third-order valence-electron chi connectivity index (χ3n) is 3.64. The Morgan fingerprint density at radius 1 is 0.880 bits per heavy atom. The fourth-order valence-electron chi connectivity index (χ4n) is 2.69. The van der Waals surface area contributed by atoms with E-state index in [-0.39, 0.29) is 0 Å². The lowest BCUT2D eigenvalue weighted by Crippen LogP contribution is -2.03. The molecule has 0 aliphatic rings. The van der Waals surface area contributed by atoms with Crippen molar-refractivity contribution in [2.45, 2.75) is 20.8 Å². The molecule has 0 atom stereocenters. The minimum Gasteiger partial charge on any atom is -0.340 e. The first-order chi connectivity index (χ1) is 12.0. The summed E-state index contributed by atoms with van der Waals surface area (Å²) in [4.78, 5) is 8.93. The molecule has 3 rings (SSSR count). The van der Waals surface area contributed by atoms with Crippen LogP contribution < -0.4 is 10.6 Å². The molecule has 124 valence electrons. The van der Waals surface area contributed by atoms with Crippen LogP contribution in [0.25, 0.3) is 0 Å². The summed E-state index contributed by atoms with van der Waals surface area (Å²) < 4.78 is 0. The number of nitriles is 1. The van der Waals surface area contributed by atoms with Crippen LogP contribution in [0, 0.1) is 32.1 Å². The average molecular weight is 329 g/mol. The Balaban J connectivity index is 1.89. The van der Waals surface area contributed by atoms with Crippen LogP contribution in [0.15, 0.2) is 48.5 Å². The van der Waals surface area contributed by atoms with Gasteiger partial charge in [-0.15, -0.1) is 0 Å². The van der Waals surface area contributed by atoms with Crippen molar-refractivity contribution in [3.05, 3.63) is 70.9 Å². The summed E-state index contributed by atoms with van der Waals surface area (Å²) in [6.45, 7) is 6.04. The molecule has 1 heterocycles. The molecule has 2 N–H and O–H groups in total. The molecule has 25 heavy (non-hydrogen) atoms. The monoisotopic (exact) mass is 329 g/mol. The maximum absolute atomic E-state index is 9.21. The Morgan fingerprint density at radius 3 is 2.32 bits per heavy atom. The molecule has 0 radical (unpaired) electrons. The summed E-state index contributed by atoms with van der Waals surface area (Å²) in [6.07, 6.45) is 0. The lowest BCUT2D eigenvalue weighted by molar-refractivity contribution is 1.11. The number of nitrogens with one attached hydrogen (secondary N) is 2. The maximum Gasteiger partial charge on any atom is 0.229 e. The number of benzene rings is 2. The summed E-state index contributed by atoms with van der Waals surface area (Å²) in [7, 11) is 0. The van der Waals surface area contributed by atoms with Crippen molar-refractivity contribution in [2.24, 2.45) is 0 Å². The van der Waals surface area contributed by atoms with E-state index in [0.717, 1.165) is 11.4 Å². The highest BCUT2D eigenvalue weighted by atomic mass is 15.1. The van der Waals surface area contributed by atoms with Gasteiger partial charge in [-0.3, -0.25) is 0 Å². The molecule has 0 saturated carbocycles. The molecule has 2 aromatic carbocycles. The van der Waals surface area contributed by atoms with Crippen molar-refractivity contribution in [3.8, 4) is 6.07 Å². The van der Waals surface area contributed by atoms with E-state index in [1.54, 1.807) is 6.07 Å². The van der Waals surface area contributed by atoms with Gasteiger partial charge in [0.2, 0.25) is 5.95 Å². The third kappa shape index (κ3) is 4.12. The molecule has 5 nitrogen and oxygen atoms in total. The highest BCUT2D eigenvalue weighted by Gasteiger charge is 2.07. The van der Waals surface area contributed by atoms with Crippen molar-refractivity contribution in [2.75, 3.05) is 10.6 Å². The predicted molar refractivity (Wildman–Crippen MR) is 100 cm³/mol.